The van der Waals surface area contributed by atoms with E-state index in [1.807, 2.05) is 0 Å². The molecule has 3 aromatic carbocycles. The maximum atomic E-state index is 14.7. The molecule has 0 aliphatic carbocycles. The second-order valence-electron chi connectivity index (χ2n) is 11.2. The lowest BCUT2D eigenvalue weighted by Gasteiger charge is -2.29. The minimum atomic E-state index is -0.453. The van der Waals surface area contributed by atoms with Crippen LogP contribution in [0.25, 0.3) is 0 Å². The van der Waals surface area contributed by atoms with Gasteiger partial charge in [0.25, 0.3) is 0 Å². The first kappa shape index (κ1) is 33.8. The van der Waals surface area contributed by atoms with Crippen LogP contribution in [0.3, 0.4) is 0 Å². The van der Waals surface area contributed by atoms with Crippen LogP contribution < -0.4 is 20.7 Å². The lowest BCUT2D eigenvalue weighted by Crippen LogP contribution is -2.38. The van der Waals surface area contributed by atoms with E-state index in [2.05, 4.69) is 41.5 Å². The fourth-order valence-electron chi connectivity index (χ4n) is 5.06. The highest BCUT2D eigenvalue weighted by molar-refractivity contribution is 6.31. The van der Waals surface area contributed by atoms with Gasteiger partial charge in [0.15, 0.2) is 0 Å². The van der Waals surface area contributed by atoms with Crippen molar-refractivity contribution in [3.63, 3.8) is 0 Å². The van der Waals surface area contributed by atoms with Crippen molar-refractivity contribution in [1.29, 1.82) is 0 Å². The van der Waals surface area contributed by atoms with Crippen LogP contribution in [-0.4, -0.2) is 45.1 Å². The molecule has 1 aliphatic heterocycles. The fourth-order valence-corrected chi connectivity index (χ4v) is 5.43. The normalized spacial score (nSPS) is 17.7. The van der Waals surface area contributed by atoms with E-state index in [9.17, 15) is 18.8 Å². The van der Waals surface area contributed by atoms with Crippen LogP contribution in [0.15, 0.2) is 60.7 Å². The summed E-state index contributed by atoms with van der Waals surface area (Å²) < 4.78 is 24.3. The Balaban J connectivity index is 0.000000285. The van der Waals surface area contributed by atoms with E-state index < -0.39 is 17.7 Å². The van der Waals surface area contributed by atoms with E-state index in [0.29, 0.717) is 46.2 Å². The van der Waals surface area contributed by atoms with Gasteiger partial charge in [0.2, 0.25) is 12.3 Å². The molecule has 0 aromatic heterocycles. The standard InChI is InChI=1S/C22H25Cl2FN2O.C10H11NO4/c1-22(2,3)11-18-19(21(28)27-14-7-4-6-13(23)10-14)16(12-26-18)15-8-5-9-17(24)20(15)25;1-14-9-5-7(10(13)15-2)3-4-8(9)11-6-12/h4-10,16,18-19,26H,11-12H2,1-3H3,(H,27,28);3-6H,1-2H3,(H,11,12). The number of ether oxygens (including phenoxy) is 2. The summed E-state index contributed by atoms with van der Waals surface area (Å²) >= 11 is 12.0. The summed E-state index contributed by atoms with van der Waals surface area (Å²) in [5.74, 6) is -1.37. The van der Waals surface area contributed by atoms with Gasteiger partial charge in [-0.3, -0.25) is 9.59 Å². The molecule has 3 N–H and O–H groups in total. The topological polar surface area (TPSA) is 106 Å². The maximum Gasteiger partial charge on any atom is 0.337 e. The minimum absolute atomic E-state index is 0.0218. The SMILES string of the molecule is CC(C)(C)CC1NCC(c2cccc(Cl)c2F)C1C(=O)Nc1cccc(Cl)c1.COC(=O)c1ccc(NC=O)c(OC)c1. The van der Waals surface area contributed by atoms with Crippen molar-refractivity contribution < 1.29 is 28.2 Å². The summed E-state index contributed by atoms with van der Waals surface area (Å²) in [5, 5.41) is 9.47. The molecule has 3 unspecified atom stereocenters. The molecule has 2 amide bonds. The number of esters is 1. The zero-order chi connectivity index (χ0) is 31.7. The molecule has 0 bridgehead atoms. The quantitative estimate of drug-likeness (QED) is 0.184. The Kier molecular flexibility index (Phi) is 11.9. The second-order valence-corrected chi connectivity index (χ2v) is 12.1. The van der Waals surface area contributed by atoms with Gasteiger partial charge in [-0.2, -0.15) is 0 Å². The monoisotopic (exact) mass is 631 g/mol. The molecule has 0 radical (unpaired) electrons. The van der Waals surface area contributed by atoms with Crippen LogP contribution in [0, 0.1) is 17.2 Å². The number of carbonyl (C=O) groups is 3. The number of hydrogen-bond donors (Lipinski definition) is 3. The van der Waals surface area contributed by atoms with Crippen LogP contribution in [0.1, 0.15) is 49.0 Å². The number of nitrogens with one attached hydrogen (secondary N) is 3. The lowest BCUT2D eigenvalue weighted by atomic mass is 9.78. The Morgan fingerprint density at radius 3 is 2.42 bits per heavy atom. The van der Waals surface area contributed by atoms with Gasteiger partial charge in [0.05, 0.1) is 36.4 Å². The van der Waals surface area contributed by atoms with E-state index in [-0.39, 0.29) is 28.3 Å². The number of hydrogen-bond acceptors (Lipinski definition) is 6. The average Bonchev–Trinajstić information content (AvgIpc) is 3.36. The Hall–Kier alpha value is -3.66. The molecule has 1 fully saturated rings. The van der Waals surface area contributed by atoms with Gasteiger partial charge in [-0.15, -0.1) is 0 Å². The van der Waals surface area contributed by atoms with E-state index in [1.165, 1.54) is 26.4 Å². The molecular weight excluding hydrogens is 596 g/mol. The van der Waals surface area contributed by atoms with Gasteiger partial charge in [-0.1, -0.05) is 62.2 Å². The summed E-state index contributed by atoms with van der Waals surface area (Å²) in [6.45, 7) is 6.92. The molecule has 0 saturated carbocycles. The number of rotatable bonds is 8. The second kappa shape index (κ2) is 15.2. The van der Waals surface area contributed by atoms with Gasteiger partial charge in [0.1, 0.15) is 11.6 Å². The van der Waals surface area contributed by atoms with Crippen molar-refractivity contribution in [3.05, 3.63) is 87.7 Å². The van der Waals surface area contributed by atoms with Crippen LogP contribution >= 0.6 is 23.2 Å². The van der Waals surface area contributed by atoms with Gasteiger partial charge in [-0.05, 0) is 59.9 Å². The molecule has 1 aliphatic rings. The summed E-state index contributed by atoms with van der Waals surface area (Å²) in [4.78, 5) is 34.7. The van der Waals surface area contributed by atoms with Gasteiger partial charge in [0, 0.05) is 29.2 Å². The van der Waals surface area contributed by atoms with E-state index in [4.69, 9.17) is 27.9 Å². The van der Waals surface area contributed by atoms with Crippen molar-refractivity contribution in [2.45, 2.75) is 39.2 Å². The molecule has 4 rings (SSSR count). The molecule has 3 atom stereocenters. The summed E-state index contributed by atoms with van der Waals surface area (Å²) in [5.41, 5.74) is 1.99. The first-order chi connectivity index (χ1) is 20.4. The highest BCUT2D eigenvalue weighted by Gasteiger charge is 2.44. The molecule has 0 spiro atoms. The zero-order valence-corrected chi connectivity index (χ0v) is 26.2. The van der Waals surface area contributed by atoms with Crippen LogP contribution in [0.5, 0.6) is 5.75 Å². The molecule has 43 heavy (non-hydrogen) atoms. The molecule has 1 saturated heterocycles. The smallest absolute Gasteiger partial charge is 0.337 e. The number of methoxy groups -OCH3 is 2. The Labute approximate surface area is 261 Å². The highest BCUT2D eigenvalue weighted by atomic mass is 35.5. The first-order valence-electron chi connectivity index (χ1n) is 13.6. The first-order valence-corrected chi connectivity index (χ1v) is 14.3. The molecule has 11 heteroatoms. The lowest BCUT2D eigenvalue weighted by molar-refractivity contribution is -0.120. The molecule has 8 nitrogen and oxygen atoms in total. The molecule has 3 aromatic rings. The van der Waals surface area contributed by atoms with Crippen LogP contribution in [0.2, 0.25) is 10.0 Å². The van der Waals surface area contributed by atoms with E-state index in [0.717, 1.165) is 6.42 Å². The minimum Gasteiger partial charge on any atom is -0.495 e. The van der Waals surface area contributed by atoms with Crippen molar-refractivity contribution in [1.82, 2.24) is 5.32 Å². The predicted octanol–water partition coefficient (Wildman–Crippen LogP) is 6.93. The largest absolute Gasteiger partial charge is 0.495 e. The molecule has 1 heterocycles. The van der Waals surface area contributed by atoms with Crippen molar-refractivity contribution in [2.75, 3.05) is 31.4 Å². The Bertz CT molecular complexity index is 1450. The van der Waals surface area contributed by atoms with Crippen LogP contribution in [0.4, 0.5) is 15.8 Å². The van der Waals surface area contributed by atoms with Crippen molar-refractivity contribution in [2.24, 2.45) is 11.3 Å². The summed E-state index contributed by atoms with van der Waals surface area (Å²) in [6.07, 6.45) is 1.33. The maximum absolute atomic E-state index is 14.7. The highest BCUT2D eigenvalue weighted by Crippen LogP contribution is 2.39. The average molecular weight is 633 g/mol. The number of amides is 2. The third kappa shape index (κ3) is 9.16. The summed E-state index contributed by atoms with van der Waals surface area (Å²) in [6, 6.07) is 16.5. The van der Waals surface area contributed by atoms with E-state index in [1.54, 1.807) is 48.5 Å². The van der Waals surface area contributed by atoms with Crippen molar-refractivity contribution >= 4 is 52.9 Å². The van der Waals surface area contributed by atoms with Crippen molar-refractivity contribution in [3.8, 4) is 5.75 Å². The zero-order valence-electron chi connectivity index (χ0n) is 24.7. The van der Waals surface area contributed by atoms with Gasteiger partial charge in [-0.25, -0.2) is 9.18 Å². The number of carbonyl (C=O) groups excluding carboxylic acids is 3. The summed E-state index contributed by atoms with van der Waals surface area (Å²) in [7, 11) is 2.75. The Morgan fingerprint density at radius 2 is 1.79 bits per heavy atom. The third-order valence-electron chi connectivity index (χ3n) is 6.91. The number of anilines is 2. The van der Waals surface area contributed by atoms with Gasteiger partial charge >= 0.3 is 5.97 Å². The molecular formula is C32H36Cl2FN3O5. The Morgan fingerprint density at radius 1 is 1.07 bits per heavy atom. The molecule has 230 valence electrons. The van der Waals surface area contributed by atoms with Crippen LogP contribution in [-0.2, 0) is 14.3 Å². The number of benzene rings is 3. The number of halogens is 3. The van der Waals surface area contributed by atoms with E-state index >= 15 is 0 Å². The third-order valence-corrected chi connectivity index (χ3v) is 7.44. The predicted molar refractivity (Wildman–Crippen MR) is 168 cm³/mol. The fraction of sp³-hybridized carbons (Fsp3) is 0.344. The van der Waals surface area contributed by atoms with Gasteiger partial charge < -0.3 is 25.4 Å².